The van der Waals surface area contributed by atoms with E-state index in [2.05, 4.69) is 48.8 Å². The summed E-state index contributed by atoms with van der Waals surface area (Å²) in [6.07, 6.45) is 7.08. The van der Waals surface area contributed by atoms with E-state index in [9.17, 15) is 4.79 Å². The van der Waals surface area contributed by atoms with E-state index in [1.165, 1.54) is 0 Å². The molecule has 5 rings (SSSR count). The number of nitriles is 1. The minimum atomic E-state index is -0.299. The van der Waals surface area contributed by atoms with Crippen LogP contribution in [-0.4, -0.2) is 31.9 Å². The maximum absolute atomic E-state index is 12.0. The van der Waals surface area contributed by atoms with Crippen molar-refractivity contribution in [1.82, 2.24) is 19.9 Å². The van der Waals surface area contributed by atoms with Gasteiger partial charge in [0.15, 0.2) is 11.5 Å². The summed E-state index contributed by atoms with van der Waals surface area (Å²) in [6, 6.07) is 9.55. The first-order valence-electron chi connectivity index (χ1n) is 9.80. The number of primary amides is 1. The van der Waals surface area contributed by atoms with Crippen molar-refractivity contribution >= 4 is 34.5 Å². The summed E-state index contributed by atoms with van der Waals surface area (Å²) in [5.41, 5.74) is 8.63. The van der Waals surface area contributed by atoms with Crippen LogP contribution in [0.25, 0.3) is 11.2 Å². The van der Waals surface area contributed by atoms with Crippen LogP contribution in [0.15, 0.2) is 42.7 Å². The van der Waals surface area contributed by atoms with Crippen molar-refractivity contribution in [3.8, 4) is 6.07 Å². The minimum absolute atomic E-state index is 0.120. The predicted octanol–water partition coefficient (Wildman–Crippen LogP) is 2.25. The molecule has 150 valence electrons. The molecule has 4 unspecified atom stereocenters. The van der Waals surface area contributed by atoms with Crippen LogP contribution in [0.1, 0.15) is 12.0 Å². The summed E-state index contributed by atoms with van der Waals surface area (Å²) >= 11 is 0. The van der Waals surface area contributed by atoms with E-state index < -0.39 is 0 Å². The third-order valence-electron chi connectivity index (χ3n) is 5.86. The molecular formula is C21H20N8O. The highest BCUT2D eigenvalue weighted by Crippen LogP contribution is 2.45. The first-order chi connectivity index (χ1) is 14.6. The van der Waals surface area contributed by atoms with Gasteiger partial charge in [0.05, 0.1) is 24.7 Å². The Morgan fingerprint density at radius 1 is 1.23 bits per heavy atom. The number of hydrogen-bond donors (Lipinski definition) is 4. The zero-order valence-corrected chi connectivity index (χ0v) is 16.0. The van der Waals surface area contributed by atoms with Crippen molar-refractivity contribution in [2.45, 2.75) is 18.9 Å². The Labute approximate surface area is 172 Å². The lowest BCUT2D eigenvalue weighted by atomic mass is 9.88. The van der Waals surface area contributed by atoms with Gasteiger partial charge in [0, 0.05) is 11.7 Å². The molecule has 3 aromatic rings. The Hall–Kier alpha value is -3.93. The van der Waals surface area contributed by atoms with Crippen molar-refractivity contribution < 1.29 is 4.79 Å². The Bertz CT molecular complexity index is 1180. The fraction of sp³-hybridized carbons (Fsp3) is 0.286. The lowest BCUT2D eigenvalue weighted by Gasteiger charge is -2.27. The highest BCUT2D eigenvalue weighted by atomic mass is 16.1. The SMILES string of the molecule is N#CCc1ccc(Nc2nc(NC3C4C=CC(C4)C3C(N)=O)c3nc[nH]c3n2)cc1. The molecule has 9 heteroatoms. The molecule has 0 spiro atoms. The van der Waals surface area contributed by atoms with E-state index in [0.717, 1.165) is 17.7 Å². The second-order valence-corrected chi connectivity index (χ2v) is 7.70. The molecule has 1 fully saturated rings. The van der Waals surface area contributed by atoms with Crippen molar-refractivity contribution in [3.05, 3.63) is 48.3 Å². The van der Waals surface area contributed by atoms with Gasteiger partial charge < -0.3 is 21.4 Å². The number of aromatic amines is 1. The average Bonchev–Trinajstić information content (AvgIpc) is 3.45. The standard InChI is InChI=1S/C21H20N8O/c22-8-7-11-1-5-14(6-2-11)26-21-28-19-17(24-10-25-19)20(29-21)27-16-13-4-3-12(9-13)15(16)18(23)30/h1-6,10,12-13,15-16H,7,9H2,(H2,23,30)(H3,24,25,26,27,28,29). The van der Waals surface area contributed by atoms with Gasteiger partial charge in [-0.1, -0.05) is 24.3 Å². The quantitative estimate of drug-likeness (QED) is 0.464. The molecule has 30 heavy (non-hydrogen) atoms. The second-order valence-electron chi connectivity index (χ2n) is 7.70. The van der Waals surface area contributed by atoms with Crippen molar-refractivity contribution in [2.24, 2.45) is 23.5 Å². The number of imidazole rings is 1. The van der Waals surface area contributed by atoms with E-state index in [0.29, 0.717) is 29.4 Å². The fourth-order valence-electron chi connectivity index (χ4n) is 4.48. The van der Waals surface area contributed by atoms with Crippen molar-refractivity contribution in [2.75, 3.05) is 10.6 Å². The number of hydrogen-bond acceptors (Lipinski definition) is 7. The minimum Gasteiger partial charge on any atom is -0.369 e. The van der Waals surface area contributed by atoms with Crippen LogP contribution in [0, 0.1) is 29.1 Å². The molecule has 1 aromatic carbocycles. The number of nitrogens with one attached hydrogen (secondary N) is 3. The van der Waals surface area contributed by atoms with E-state index in [4.69, 9.17) is 11.0 Å². The summed E-state index contributed by atoms with van der Waals surface area (Å²) in [6.45, 7) is 0. The third-order valence-corrected chi connectivity index (χ3v) is 5.86. The molecule has 5 N–H and O–H groups in total. The number of amides is 1. The van der Waals surface area contributed by atoms with Gasteiger partial charge in [-0.25, -0.2) is 4.98 Å². The summed E-state index contributed by atoms with van der Waals surface area (Å²) < 4.78 is 0. The van der Waals surface area contributed by atoms with Gasteiger partial charge in [0.2, 0.25) is 11.9 Å². The van der Waals surface area contributed by atoms with E-state index in [-0.39, 0.29) is 29.7 Å². The number of aromatic nitrogens is 4. The number of carbonyl (C=O) groups is 1. The van der Waals surface area contributed by atoms with Crippen LogP contribution >= 0.6 is 0 Å². The predicted molar refractivity (Wildman–Crippen MR) is 112 cm³/mol. The van der Waals surface area contributed by atoms with Crippen LogP contribution in [0.5, 0.6) is 0 Å². The number of benzene rings is 1. The average molecular weight is 400 g/mol. The normalized spacial score (nSPS) is 24.1. The van der Waals surface area contributed by atoms with Gasteiger partial charge in [-0.05, 0) is 36.0 Å². The number of nitrogens with zero attached hydrogens (tertiary/aromatic N) is 4. The molecular weight excluding hydrogens is 380 g/mol. The Kier molecular flexibility index (Phi) is 4.32. The molecule has 9 nitrogen and oxygen atoms in total. The highest BCUT2D eigenvalue weighted by Gasteiger charge is 2.47. The smallest absolute Gasteiger partial charge is 0.231 e. The number of H-pyrrole nitrogens is 1. The van der Waals surface area contributed by atoms with E-state index >= 15 is 0 Å². The monoisotopic (exact) mass is 400 g/mol. The summed E-state index contributed by atoms with van der Waals surface area (Å²) in [5, 5.41) is 15.4. The van der Waals surface area contributed by atoms with Crippen LogP contribution in [0.4, 0.5) is 17.5 Å². The summed E-state index contributed by atoms with van der Waals surface area (Å²) in [4.78, 5) is 28.5. The van der Waals surface area contributed by atoms with Gasteiger partial charge in [0.1, 0.15) is 5.52 Å². The van der Waals surface area contributed by atoms with Crippen molar-refractivity contribution in [1.29, 1.82) is 5.26 Å². The molecule has 1 saturated carbocycles. The lowest BCUT2D eigenvalue weighted by Crippen LogP contribution is -2.41. The molecule has 2 bridgehead atoms. The lowest BCUT2D eigenvalue weighted by molar-refractivity contribution is -0.122. The molecule has 4 atom stereocenters. The summed E-state index contributed by atoms with van der Waals surface area (Å²) in [7, 11) is 0. The fourth-order valence-corrected chi connectivity index (χ4v) is 4.48. The van der Waals surface area contributed by atoms with Gasteiger partial charge >= 0.3 is 0 Å². The number of carbonyl (C=O) groups excluding carboxylic acids is 1. The van der Waals surface area contributed by atoms with Gasteiger partial charge in [-0.2, -0.15) is 15.2 Å². The number of allylic oxidation sites excluding steroid dienone is 1. The molecule has 0 saturated heterocycles. The first-order valence-corrected chi connectivity index (χ1v) is 9.80. The number of nitrogens with two attached hydrogens (primary N) is 1. The Balaban J connectivity index is 1.44. The maximum atomic E-state index is 12.0. The molecule has 2 aliphatic carbocycles. The first kappa shape index (κ1) is 18.1. The zero-order chi connectivity index (χ0) is 20.7. The molecule has 1 amide bonds. The largest absolute Gasteiger partial charge is 0.369 e. The zero-order valence-electron chi connectivity index (χ0n) is 16.0. The molecule has 2 aliphatic rings. The van der Waals surface area contributed by atoms with Gasteiger partial charge in [0.25, 0.3) is 0 Å². The second kappa shape index (κ2) is 7.15. The summed E-state index contributed by atoms with van der Waals surface area (Å²) in [5.74, 6) is 0.797. The van der Waals surface area contributed by atoms with E-state index in [1.807, 2.05) is 24.3 Å². The Morgan fingerprint density at radius 2 is 2.03 bits per heavy atom. The maximum Gasteiger partial charge on any atom is 0.231 e. The van der Waals surface area contributed by atoms with Crippen molar-refractivity contribution in [3.63, 3.8) is 0 Å². The molecule has 0 aliphatic heterocycles. The molecule has 2 heterocycles. The third kappa shape index (κ3) is 3.12. The highest BCUT2D eigenvalue weighted by molar-refractivity contribution is 5.85. The number of fused-ring (bicyclic) bond motifs is 3. The molecule has 2 aromatic heterocycles. The van der Waals surface area contributed by atoms with E-state index in [1.54, 1.807) is 6.33 Å². The van der Waals surface area contributed by atoms with Crippen LogP contribution in [0.3, 0.4) is 0 Å². The van der Waals surface area contributed by atoms with Crippen LogP contribution in [-0.2, 0) is 11.2 Å². The molecule has 0 radical (unpaired) electrons. The number of rotatable bonds is 6. The van der Waals surface area contributed by atoms with Crippen LogP contribution < -0.4 is 16.4 Å². The van der Waals surface area contributed by atoms with Gasteiger partial charge in [-0.3, -0.25) is 4.79 Å². The van der Waals surface area contributed by atoms with Gasteiger partial charge in [-0.15, -0.1) is 0 Å². The topological polar surface area (TPSA) is 145 Å². The van der Waals surface area contributed by atoms with Crippen LogP contribution in [0.2, 0.25) is 0 Å². The Morgan fingerprint density at radius 3 is 2.80 bits per heavy atom. The number of anilines is 3.